The Kier molecular flexibility index (Phi) is 3.37. The Morgan fingerprint density at radius 1 is 1.13 bits per heavy atom. The Hall–Kier alpha value is -3.15. The first kappa shape index (κ1) is 14.8. The van der Waals surface area contributed by atoms with Gasteiger partial charge in [-0.1, -0.05) is 30.3 Å². The van der Waals surface area contributed by atoms with Crippen molar-refractivity contribution in [2.24, 2.45) is 0 Å². The summed E-state index contributed by atoms with van der Waals surface area (Å²) in [6.07, 6.45) is 0.208. The molecule has 3 rings (SSSR count). The van der Waals surface area contributed by atoms with Crippen LogP contribution in [0.2, 0.25) is 0 Å². The molecule has 2 aromatic carbocycles. The zero-order chi connectivity index (χ0) is 16.6. The van der Waals surface area contributed by atoms with Gasteiger partial charge < -0.3 is 10.0 Å². The van der Waals surface area contributed by atoms with E-state index in [4.69, 9.17) is 5.26 Å². The number of hydrogen-bond donors (Lipinski definition) is 1. The molecule has 1 N–H and O–H groups in total. The van der Waals surface area contributed by atoms with Gasteiger partial charge in [0.1, 0.15) is 12.1 Å². The monoisotopic (exact) mass is 303 g/mol. The smallest absolute Gasteiger partial charge is 0.256 e. The van der Waals surface area contributed by atoms with Crippen LogP contribution in [0, 0.1) is 22.7 Å². The second-order valence-electron chi connectivity index (χ2n) is 5.51. The van der Waals surface area contributed by atoms with Crippen molar-refractivity contribution >= 4 is 5.91 Å². The Morgan fingerprint density at radius 2 is 1.74 bits per heavy atom. The minimum absolute atomic E-state index is 0.136. The second-order valence-corrected chi connectivity index (χ2v) is 5.51. The van der Waals surface area contributed by atoms with Crippen LogP contribution in [0.1, 0.15) is 32.6 Å². The predicted octanol–water partition coefficient (Wildman–Crippen LogP) is 1.90. The number of fused-ring (bicyclic) bond motifs is 1. The number of nitriles is 2. The molecule has 1 unspecified atom stereocenters. The van der Waals surface area contributed by atoms with E-state index in [1.54, 1.807) is 0 Å². The summed E-state index contributed by atoms with van der Waals surface area (Å²) in [5.74, 6) is -0.362. The third kappa shape index (κ3) is 2.15. The molecule has 1 atom stereocenters. The normalized spacial score (nSPS) is 19.1. The van der Waals surface area contributed by atoms with Crippen LogP contribution in [0.25, 0.3) is 0 Å². The van der Waals surface area contributed by atoms with Crippen LogP contribution >= 0.6 is 0 Å². The number of carbonyl (C=O) groups excluding carboxylic acids is 1. The minimum Gasteiger partial charge on any atom is -0.366 e. The molecule has 0 spiro atoms. The highest BCUT2D eigenvalue weighted by Gasteiger charge is 2.47. The van der Waals surface area contributed by atoms with Crippen LogP contribution in [-0.2, 0) is 12.1 Å². The molecular formula is C18H13N3O2. The minimum atomic E-state index is -1.53. The Labute approximate surface area is 133 Å². The van der Waals surface area contributed by atoms with E-state index >= 15 is 0 Å². The molecule has 1 aliphatic heterocycles. The molecule has 1 amide bonds. The summed E-state index contributed by atoms with van der Waals surface area (Å²) in [6, 6.07) is 16.0. The van der Waals surface area contributed by atoms with Crippen molar-refractivity contribution < 1.29 is 9.90 Å². The zero-order valence-electron chi connectivity index (χ0n) is 12.4. The van der Waals surface area contributed by atoms with Gasteiger partial charge in [0.25, 0.3) is 5.91 Å². The summed E-state index contributed by atoms with van der Waals surface area (Å²) in [4.78, 5) is 13.7. The SMILES string of the molecule is CN1C(=O)c2cc(C#N)c(C#N)cc2C1(O)Cc1ccccc1. The van der Waals surface area contributed by atoms with E-state index in [0.717, 1.165) is 5.56 Å². The lowest BCUT2D eigenvalue weighted by Gasteiger charge is -2.31. The molecule has 0 saturated carbocycles. The molecule has 0 saturated heterocycles. The number of hydrogen-bond acceptors (Lipinski definition) is 4. The number of amides is 1. The molecule has 0 fully saturated rings. The number of likely N-dealkylation sites (N-methyl/N-ethyl adjacent to an activating group) is 1. The molecule has 1 heterocycles. The fourth-order valence-corrected chi connectivity index (χ4v) is 2.92. The van der Waals surface area contributed by atoms with E-state index in [1.165, 1.54) is 24.1 Å². The van der Waals surface area contributed by atoms with Crippen molar-refractivity contribution in [2.45, 2.75) is 12.1 Å². The van der Waals surface area contributed by atoms with Crippen molar-refractivity contribution in [1.29, 1.82) is 10.5 Å². The van der Waals surface area contributed by atoms with Gasteiger partial charge in [0.15, 0.2) is 5.72 Å². The Morgan fingerprint density at radius 3 is 2.35 bits per heavy atom. The van der Waals surface area contributed by atoms with Gasteiger partial charge >= 0.3 is 0 Å². The maximum atomic E-state index is 12.4. The van der Waals surface area contributed by atoms with E-state index in [1.807, 2.05) is 42.5 Å². The van der Waals surface area contributed by atoms with Crippen molar-refractivity contribution in [1.82, 2.24) is 4.90 Å². The third-order valence-corrected chi connectivity index (χ3v) is 4.21. The predicted molar refractivity (Wildman–Crippen MR) is 82.0 cm³/mol. The van der Waals surface area contributed by atoms with Gasteiger partial charge in [0.05, 0.1) is 11.1 Å². The van der Waals surface area contributed by atoms with E-state index < -0.39 is 5.72 Å². The number of rotatable bonds is 2. The molecule has 1 aliphatic rings. The molecule has 5 heteroatoms. The molecule has 0 aliphatic carbocycles. The average Bonchev–Trinajstić information content (AvgIpc) is 2.76. The van der Waals surface area contributed by atoms with Crippen LogP contribution in [0.15, 0.2) is 42.5 Å². The Balaban J connectivity index is 2.17. The zero-order valence-corrected chi connectivity index (χ0v) is 12.4. The highest BCUT2D eigenvalue weighted by Crippen LogP contribution is 2.39. The van der Waals surface area contributed by atoms with E-state index in [2.05, 4.69) is 0 Å². The highest BCUT2D eigenvalue weighted by atomic mass is 16.3. The van der Waals surface area contributed by atoms with Gasteiger partial charge in [-0.05, 0) is 17.7 Å². The summed E-state index contributed by atoms with van der Waals surface area (Å²) < 4.78 is 0. The molecule has 5 nitrogen and oxygen atoms in total. The van der Waals surface area contributed by atoms with Gasteiger partial charge in [0, 0.05) is 24.6 Å². The number of carbonyl (C=O) groups is 1. The van der Waals surface area contributed by atoms with E-state index in [9.17, 15) is 15.2 Å². The molecule has 112 valence electrons. The van der Waals surface area contributed by atoms with Crippen LogP contribution < -0.4 is 0 Å². The maximum Gasteiger partial charge on any atom is 0.256 e. The van der Waals surface area contributed by atoms with Crippen LogP contribution in [-0.4, -0.2) is 23.0 Å². The first-order valence-electron chi connectivity index (χ1n) is 7.04. The first-order chi connectivity index (χ1) is 11.0. The lowest BCUT2D eigenvalue weighted by molar-refractivity contribution is -0.0715. The van der Waals surface area contributed by atoms with Crippen molar-refractivity contribution in [3.63, 3.8) is 0 Å². The van der Waals surface area contributed by atoms with Gasteiger partial charge in [-0.3, -0.25) is 4.79 Å². The van der Waals surface area contributed by atoms with Gasteiger partial charge in [-0.25, -0.2) is 0 Å². The molecule has 0 radical (unpaired) electrons. The largest absolute Gasteiger partial charge is 0.366 e. The third-order valence-electron chi connectivity index (χ3n) is 4.21. The molecule has 0 bridgehead atoms. The van der Waals surface area contributed by atoms with Crippen molar-refractivity contribution in [2.75, 3.05) is 7.05 Å². The fraction of sp³-hybridized carbons (Fsp3) is 0.167. The fourth-order valence-electron chi connectivity index (χ4n) is 2.92. The van der Waals surface area contributed by atoms with Crippen molar-refractivity contribution in [3.8, 4) is 12.1 Å². The summed E-state index contributed by atoms with van der Waals surface area (Å²) in [5, 5.41) is 29.4. The lowest BCUT2D eigenvalue weighted by Crippen LogP contribution is -2.42. The standard InChI is InChI=1S/C18H13N3O2/c1-21-17(22)15-7-13(10-19)14(11-20)8-16(15)18(21,23)9-12-5-3-2-4-6-12/h2-8,23H,9H2,1H3. The van der Waals surface area contributed by atoms with E-state index in [0.29, 0.717) is 5.56 Å². The second kappa shape index (κ2) is 5.24. The maximum absolute atomic E-state index is 12.4. The van der Waals surface area contributed by atoms with Gasteiger partial charge in [-0.2, -0.15) is 10.5 Å². The summed E-state index contributed by atoms with van der Waals surface area (Å²) in [5.41, 5.74) is 0.252. The molecular weight excluding hydrogens is 290 g/mol. The molecule has 0 aromatic heterocycles. The van der Waals surface area contributed by atoms with Crippen molar-refractivity contribution in [3.05, 3.63) is 70.3 Å². The highest BCUT2D eigenvalue weighted by molar-refractivity contribution is 6.00. The van der Waals surface area contributed by atoms with E-state index in [-0.39, 0.29) is 29.0 Å². The van der Waals surface area contributed by atoms with Gasteiger partial charge in [0.2, 0.25) is 0 Å². The summed E-state index contributed by atoms with van der Waals surface area (Å²) in [7, 11) is 1.52. The van der Waals surface area contributed by atoms with Crippen LogP contribution in [0.5, 0.6) is 0 Å². The topological polar surface area (TPSA) is 88.1 Å². The first-order valence-corrected chi connectivity index (χ1v) is 7.04. The molecule has 23 heavy (non-hydrogen) atoms. The Bertz CT molecular complexity index is 878. The number of aliphatic hydroxyl groups is 1. The van der Waals surface area contributed by atoms with Gasteiger partial charge in [-0.15, -0.1) is 0 Å². The lowest BCUT2D eigenvalue weighted by atomic mass is 9.91. The molecule has 2 aromatic rings. The van der Waals surface area contributed by atoms with Crippen LogP contribution in [0.3, 0.4) is 0 Å². The summed E-state index contributed by atoms with van der Waals surface area (Å²) in [6.45, 7) is 0. The average molecular weight is 303 g/mol. The number of benzene rings is 2. The quantitative estimate of drug-likeness (QED) is 0.917. The van der Waals surface area contributed by atoms with Crippen LogP contribution in [0.4, 0.5) is 0 Å². The summed E-state index contributed by atoms with van der Waals surface area (Å²) >= 11 is 0. The number of nitrogens with zero attached hydrogens (tertiary/aromatic N) is 3.